The molecule has 3 rings (SSSR count). The van der Waals surface area contributed by atoms with Crippen LogP contribution in [0.2, 0.25) is 0 Å². The number of anilines is 2. The molecule has 5 heteroatoms. The number of rotatable bonds is 3. The molecule has 2 fully saturated rings. The van der Waals surface area contributed by atoms with E-state index in [4.69, 9.17) is 0 Å². The van der Waals surface area contributed by atoms with E-state index in [1.807, 2.05) is 0 Å². The molecule has 4 nitrogen and oxygen atoms in total. The number of nitrogens with one attached hydrogen (secondary N) is 2. The smallest absolute Gasteiger partial charge is 0.228 e. The van der Waals surface area contributed by atoms with Gasteiger partial charge in [-0.25, -0.2) is 4.39 Å². The summed E-state index contributed by atoms with van der Waals surface area (Å²) in [4.78, 5) is 14.2. The maximum Gasteiger partial charge on any atom is 0.228 e. The van der Waals surface area contributed by atoms with Crippen molar-refractivity contribution < 1.29 is 9.18 Å². The van der Waals surface area contributed by atoms with Gasteiger partial charge in [0.05, 0.1) is 11.6 Å². The minimum absolute atomic E-state index is 0.0138. The second kappa shape index (κ2) is 6.43. The Bertz CT molecular complexity index is 508. The molecule has 0 spiro atoms. The van der Waals surface area contributed by atoms with Gasteiger partial charge in [0.15, 0.2) is 0 Å². The van der Waals surface area contributed by atoms with Crippen LogP contribution in [0.5, 0.6) is 0 Å². The number of hydrogen-bond acceptors (Lipinski definition) is 3. The van der Waals surface area contributed by atoms with Gasteiger partial charge in [-0.2, -0.15) is 0 Å². The molecule has 2 heterocycles. The zero-order chi connectivity index (χ0) is 14.7. The van der Waals surface area contributed by atoms with E-state index >= 15 is 0 Å². The highest BCUT2D eigenvalue weighted by molar-refractivity contribution is 5.93. The van der Waals surface area contributed by atoms with Crippen LogP contribution < -0.4 is 15.5 Å². The molecule has 2 aliphatic rings. The zero-order valence-corrected chi connectivity index (χ0v) is 12.2. The molecule has 1 aromatic rings. The first-order valence-corrected chi connectivity index (χ1v) is 7.80. The standard InChI is InChI=1S/C16H22FN3O/c17-14-10-13(5-6-15(14)20-8-1-2-9-20)19-16(21)12-4-3-7-18-11-12/h5-6,10,12,18H,1-4,7-9,11H2,(H,19,21). The molecule has 0 saturated carbocycles. The molecule has 1 aromatic carbocycles. The van der Waals surface area contributed by atoms with E-state index in [0.29, 0.717) is 17.9 Å². The van der Waals surface area contributed by atoms with E-state index in [2.05, 4.69) is 15.5 Å². The van der Waals surface area contributed by atoms with E-state index in [1.165, 1.54) is 6.07 Å². The summed E-state index contributed by atoms with van der Waals surface area (Å²) in [5.41, 5.74) is 1.19. The fraction of sp³-hybridized carbons (Fsp3) is 0.562. The summed E-state index contributed by atoms with van der Waals surface area (Å²) in [5, 5.41) is 6.05. The third kappa shape index (κ3) is 3.35. The maximum absolute atomic E-state index is 14.2. The highest BCUT2D eigenvalue weighted by Gasteiger charge is 2.21. The van der Waals surface area contributed by atoms with Crippen LogP contribution in [0.3, 0.4) is 0 Å². The van der Waals surface area contributed by atoms with Gasteiger partial charge in [0.25, 0.3) is 0 Å². The van der Waals surface area contributed by atoms with E-state index in [1.54, 1.807) is 12.1 Å². The SMILES string of the molecule is O=C(Nc1ccc(N2CCCC2)c(F)c1)C1CCCNC1. The molecule has 0 radical (unpaired) electrons. The fourth-order valence-electron chi connectivity index (χ4n) is 3.12. The molecule has 2 aliphatic heterocycles. The predicted molar refractivity (Wildman–Crippen MR) is 82.1 cm³/mol. The maximum atomic E-state index is 14.2. The Kier molecular flexibility index (Phi) is 4.39. The Balaban J connectivity index is 1.65. The molecular weight excluding hydrogens is 269 g/mol. The largest absolute Gasteiger partial charge is 0.369 e. The van der Waals surface area contributed by atoms with Crippen LogP contribution in [0, 0.1) is 11.7 Å². The lowest BCUT2D eigenvalue weighted by atomic mass is 9.99. The molecule has 2 saturated heterocycles. The number of hydrogen-bond donors (Lipinski definition) is 2. The molecule has 0 aromatic heterocycles. The summed E-state index contributed by atoms with van der Waals surface area (Å²) < 4.78 is 14.2. The average molecular weight is 291 g/mol. The lowest BCUT2D eigenvalue weighted by Crippen LogP contribution is -2.37. The van der Waals surface area contributed by atoms with Crippen molar-refractivity contribution in [1.82, 2.24) is 5.32 Å². The van der Waals surface area contributed by atoms with Gasteiger partial charge in [0.1, 0.15) is 5.82 Å². The van der Waals surface area contributed by atoms with Crippen LogP contribution in [-0.2, 0) is 4.79 Å². The second-order valence-electron chi connectivity index (χ2n) is 5.89. The first-order valence-electron chi connectivity index (χ1n) is 7.80. The number of piperidine rings is 1. The minimum Gasteiger partial charge on any atom is -0.369 e. The van der Waals surface area contributed by atoms with Crippen molar-refractivity contribution in [2.45, 2.75) is 25.7 Å². The molecule has 1 amide bonds. The van der Waals surface area contributed by atoms with Gasteiger partial charge in [-0.05, 0) is 50.4 Å². The van der Waals surface area contributed by atoms with Gasteiger partial charge >= 0.3 is 0 Å². The van der Waals surface area contributed by atoms with E-state index in [-0.39, 0.29) is 17.6 Å². The van der Waals surface area contributed by atoms with Crippen molar-refractivity contribution in [2.24, 2.45) is 5.92 Å². The van der Waals surface area contributed by atoms with Gasteiger partial charge in [0.2, 0.25) is 5.91 Å². The molecule has 0 bridgehead atoms. The third-order valence-corrected chi connectivity index (χ3v) is 4.33. The Morgan fingerprint density at radius 1 is 1.29 bits per heavy atom. The molecule has 1 atom stereocenters. The number of benzene rings is 1. The number of carbonyl (C=O) groups excluding carboxylic acids is 1. The molecule has 21 heavy (non-hydrogen) atoms. The summed E-state index contributed by atoms with van der Waals surface area (Å²) >= 11 is 0. The Morgan fingerprint density at radius 3 is 2.76 bits per heavy atom. The third-order valence-electron chi connectivity index (χ3n) is 4.33. The first-order chi connectivity index (χ1) is 10.2. The number of halogens is 1. The van der Waals surface area contributed by atoms with Crippen LogP contribution in [-0.4, -0.2) is 32.1 Å². The molecular formula is C16H22FN3O. The van der Waals surface area contributed by atoms with Crippen LogP contribution >= 0.6 is 0 Å². The van der Waals surface area contributed by atoms with Crippen molar-refractivity contribution in [3.05, 3.63) is 24.0 Å². The lowest BCUT2D eigenvalue weighted by Gasteiger charge is -2.22. The molecule has 1 unspecified atom stereocenters. The summed E-state index contributed by atoms with van der Waals surface area (Å²) in [5.74, 6) is -0.285. The van der Waals surface area contributed by atoms with Gasteiger partial charge in [-0.1, -0.05) is 0 Å². The number of carbonyl (C=O) groups is 1. The zero-order valence-electron chi connectivity index (χ0n) is 12.2. The molecule has 2 N–H and O–H groups in total. The Morgan fingerprint density at radius 2 is 2.10 bits per heavy atom. The summed E-state index contributed by atoms with van der Waals surface area (Å²) in [7, 11) is 0. The normalized spacial score (nSPS) is 22.3. The van der Waals surface area contributed by atoms with Crippen molar-refractivity contribution in [3.63, 3.8) is 0 Å². The van der Waals surface area contributed by atoms with E-state index in [9.17, 15) is 9.18 Å². The molecule has 0 aliphatic carbocycles. The van der Waals surface area contributed by atoms with E-state index < -0.39 is 0 Å². The first kappa shape index (κ1) is 14.3. The van der Waals surface area contributed by atoms with Crippen molar-refractivity contribution >= 4 is 17.3 Å². The Hall–Kier alpha value is -1.62. The van der Waals surface area contributed by atoms with Crippen LogP contribution in [0.1, 0.15) is 25.7 Å². The highest BCUT2D eigenvalue weighted by atomic mass is 19.1. The van der Waals surface area contributed by atoms with Gasteiger partial charge in [0, 0.05) is 25.3 Å². The Labute approximate surface area is 124 Å². The average Bonchev–Trinajstić information content (AvgIpc) is 3.02. The van der Waals surface area contributed by atoms with Crippen molar-refractivity contribution in [2.75, 3.05) is 36.4 Å². The highest BCUT2D eigenvalue weighted by Crippen LogP contribution is 2.26. The summed E-state index contributed by atoms with van der Waals surface area (Å²) in [6.07, 6.45) is 4.15. The second-order valence-corrected chi connectivity index (χ2v) is 5.89. The monoisotopic (exact) mass is 291 g/mol. The van der Waals surface area contributed by atoms with Crippen LogP contribution in [0.25, 0.3) is 0 Å². The van der Waals surface area contributed by atoms with Gasteiger partial charge in [-0.15, -0.1) is 0 Å². The number of amides is 1. The quantitative estimate of drug-likeness (QED) is 0.898. The van der Waals surface area contributed by atoms with E-state index in [0.717, 1.165) is 45.3 Å². The number of nitrogens with zero attached hydrogens (tertiary/aromatic N) is 1. The minimum atomic E-state index is -0.253. The predicted octanol–water partition coefficient (Wildman–Crippen LogP) is 2.36. The van der Waals surface area contributed by atoms with Gasteiger partial charge in [-0.3, -0.25) is 4.79 Å². The lowest BCUT2D eigenvalue weighted by molar-refractivity contribution is -0.120. The van der Waals surface area contributed by atoms with Crippen molar-refractivity contribution in [1.29, 1.82) is 0 Å². The van der Waals surface area contributed by atoms with Crippen molar-refractivity contribution in [3.8, 4) is 0 Å². The summed E-state index contributed by atoms with van der Waals surface area (Å²) in [6, 6.07) is 5.00. The molecule has 114 valence electrons. The van der Waals surface area contributed by atoms with Crippen LogP contribution in [0.15, 0.2) is 18.2 Å². The fourth-order valence-corrected chi connectivity index (χ4v) is 3.12. The van der Waals surface area contributed by atoms with Gasteiger partial charge < -0.3 is 15.5 Å². The summed E-state index contributed by atoms with van der Waals surface area (Å²) in [6.45, 7) is 3.51. The topological polar surface area (TPSA) is 44.4 Å². The van der Waals surface area contributed by atoms with Crippen LogP contribution in [0.4, 0.5) is 15.8 Å².